The molecule has 0 bridgehead atoms. The summed E-state index contributed by atoms with van der Waals surface area (Å²) in [7, 11) is 0. The van der Waals surface area contributed by atoms with Crippen molar-refractivity contribution >= 4 is 6.29 Å². The van der Waals surface area contributed by atoms with E-state index in [1.165, 1.54) is 13.2 Å². The predicted molar refractivity (Wildman–Crippen MR) is 22.7 cm³/mol. The van der Waals surface area contributed by atoms with Crippen LogP contribution in [0.5, 0.6) is 0 Å². The van der Waals surface area contributed by atoms with Crippen LogP contribution in [0.1, 0.15) is 20.8 Å². The van der Waals surface area contributed by atoms with E-state index in [4.69, 9.17) is 4.79 Å². The van der Waals surface area contributed by atoms with E-state index < -0.39 is 0 Å². The van der Waals surface area contributed by atoms with E-state index in [0.717, 1.165) is 0 Å². The molecular weight excluding hydrogens is 153 g/mol. The van der Waals surface area contributed by atoms with Gasteiger partial charge in [0.25, 0.3) is 0 Å². The summed E-state index contributed by atoms with van der Waals surface area (Å²) in [4.78, 5) is 8.68. The van der Waals surface area contributed by atoms with Crippen molar-refractivity contribution in [2.45, 2.75) is 20.8 Å². The van der Waals surface area contributed by atoms with Crippen LogP contribution in [-0.4, -0.2) is 6.29 Å². The summed E-state index contributed by atoms with van der Waals surface area (Å²) in [5.74, 6) is 0. The van der Waals surface area contributed by atoms with Crippen molar-refractivity contribution in [2.24, 2.45) is 0 Å². The minimum absolute atomic E-state index is 0. The molecule has 1 nitrogen and oxygen atoms in total. The van der Waals surface area contributed by atoms with E-state index in [1.54, 1.807) is 0 Å². The van der Waals surface area contributed by atoms with E-state index in [1.807, 2.05) is 13.8 Å². The van der Waals surface area contributed by atoms with Crippen molar-refractivity contribution < 1.29 is 37.5 Å². The van der Waals surface area contributed by atoms with Gasteiger partial charge in [0.15, 0.2) is 0 Å². The van der Waals surface area contributed by atoms with Crippen LogP contribution >= 0.6 is 0 Å². The Kier molecular flexibility index (Phi) is 111. The molecule has 0 aliphatic rings. The minimum Gasteiger partial charge on any atom is -0.542 e. The van der Waals surface area contributed by atoms with Crippen molar-refractivity contribution in [3.63, 3.8) is 0 Å². The fraction of sp³-hybridized carbons (Fsp3) is 0.750. The van der Waals surface area contributed by atoms with Crippen LogP contribution < -0.4 is 0 Å². The van der Waals surface area contributed by atoms with Gasteiger partial charge >= 0.3 is 0 Å². The third kappa shape index (κ3) is 114. The first-order valence-corrected chi connectivity index (χ1v) is 1.70. The zero-order valence-electron chi connectivity index (χ0n) is 4.49. The first-order valence-electron chi connectivity index (χ1n) is 1.70. The van der Waals surface area contributed by atoms with Crippen LogP contribution in [-0.2, 0) is 37.5 Å². The van der Waals surface area contributed by atoms with E-state index in [9.17, 15) is 0 Å². The molecule has 0 saturated heterocycles. The fourth-order valence-electron chi connectivity index (χ4n) is 0. The third-order valence-corrected chi connectivity index (χ3v) is 0. The Morgan fingerprint density at radius 3 is 1.33 bits per heavy atom. The maximum atomic E-state index is 8.68. The average Bonchev–Trinajstić information content (AvgIpc) is 1.46. The number of rotatable bonds is 0. The van der Waals surface area contributed by atoms with Gasteiger partial charge in [0.1, 0.15) is 0 Å². The van der Waals surface area contributed by atoms with Crippen LogP contribution in [0.15, 0.2) is 0 Å². The Bertz CT molecular complexity index is 15.0. The first kappa shape index (κ1) is 15.9. The zero-order valence-corrected chi connectivity index (χ0v) is 7.32. The quantitative estimate of drug-likeness (QED) is 0.488. The Balaban J connectivity index is -0.0000000275. The number of carbonyl (C=O) groups excluding carboxylic acids is 1. The molecule has 0 aliphatic heterocycles. The molecule has 0 atom stereocenters. The molecule has 0 aromatic carbocycles. The van der Waals surface area contributed by atoms with Crippen LogP contribution in [0.3, 0.4) is 0 Å². The third-order valence-electron chi connectivity index (χ3n) is 0. The molecule has 6 heavy (non-hydrogen) atoms. The largest absolute Gasteiger partial charge is 0.542 e. The summed E-state index contributed by atoms with van der Waals surface area (Å²) < 4.78 is 0. The van der Waals surface area contributed by atoms with Crippen LogP contribution in [0.25, 0.3) is 0 Å². The molecule has 0 aliphatic carbocycles. The van der Waals surface area contributed by atoms with Gasteiger partial charge in [-0.2, -0.15) is 6.92 Å². The van der Waals surface area contributed by atoms with Crippen molar-refractivity contribution in [3.05, 3.63) is 0 Å². The number of hydrogen-bond acceptors (Lipinski definition) is 1. The summed E-state index contributed by atoms with van der Waals surface area (Å²) in [6.45, 7) is 5.32. The Labute approximate surface area is 64.4 Å². The van der Waals surface area contributed by atoms with Gasteiger partial charge < -0.3 is 4.79 Å². The predicted octanol–water partition coefficient (Wildman–Crippen LogP) is 1.14. The van der Waals surface area contributed by atoms with Gasteiger partial charge in [-0.1, -0.05) is 13.8 Å². The van der Waals surface area contributed by atoms with E-state index in [2.05, 4.69) is 0 Å². The van der Waals surface area contributed by atoms with Gasteiger partial charge in [-0.15, -0.1) is 0 Å². The van der Waals surface area contributed by atoms with E-state index in [0.29, 0.717) is 0 Å². The fourth-order valence-corrected chi connectivity index (χ4v) is 0. The topological polar surface area (TPSA) is 17.1 Å². The molecule has 0 N–H and O–H groups in total. The molecular formula is C4H9OY-. The maximum Gasteiger partial charge on any atom is 0 e. The summed E-state index contributed by atoms with van der Waals surface area (Å²) >= 11 is 0. The molecule has 2 heteroatoms. The van der Waals surface area contributed by atoms with Crippen LogP contribution in [0.2, 0.25) is 0 Å². The van der Waals surface area contributed by atoms with E-state index in [-0.39, 0.29) is 32.7 Å². The summed E-state index contributed by atoms with van der Waals surface area (Å²) in [6.07, 6.45) is 1.50. The smallest absolute Gasteiger partial charge is 0 e. The number of hydrogen-bond donors (Lipinski definition) is 0. The van der Waals surface area contributed by atoms with Gasteiger partial charge in [0.2, 0.25) is 0 Å². The van der Waals surface area contributed by atoms with Gasteiger partial charge in [-0.25, -0.2) is 0 Å². The summed E-state index contributed by atoms with van der Waals surface area (Å²) in [6, 6.07) is 0. The van der Waals surface area contributed by atoms with Gasteiger partial charge in [-0.05, 0) is 0 Å². The standard InChI is InChI=1S/C2H3O.C2H6.Y/c1-2-3;1-2;/h1H3;1-2H3;/q-1;;. The Morgan fingerprint density at radius 1 is 1.33 bits per heavy atom. The van der Waals surface area contributed by atoms with Crippen molar-refractivity contribution in [1.82, 2.24) is 0 Å². The molecule has 0 unspecified atom stereocenters. The molecule has 0 spiro atoms. The van der Waals surface area contributed by atoms with Gasteiger partial charge in [0.05, 0.1) is 0 Å². The van der Waals surface area contributed by atoms with Crippen LogP contribution in [0, 0.1) is 0 Å². The summed E-state index contributed by atoms with van der Waals surface area (Å²) in [5, 5.41) is 0. The molecule has 35 valence electrons. The Morgan fingerprint density at radius 2 is 1.33 bits per heavy atom. The average molecular weight is 162 g/mol. The van der Waals surface area contributed by atoms with Gasteiger partial charge in [-0.3, -0.25) is 6.29 Å². The molecule has 0 fully saturated rings. The first-order chi connectivity index (χ1) is 2.41. The van der Waals surface area contributed by atoms with Crippen molar-refractivity contribution in [3.8, 4) is 0 Å². The molecule has 0 saturated carbocycles. The second kappa shape index (κ2) is 41.8. The van der Waals surface area contributed by atoms with E-state index >= 15 is 0 Å². The SMILES string of the molecule is CC.C[C-]=O.[Y]. The summed E-state index contributed by atoms with van der Waals surface area (Å²) in [5.41, 5.74) is 0. The monoisotopic (exact) mass is 162 g/mol. The van der Waals surface area contributed by atoms with Crippen LogP contribution in [0.4, 0.5) is 0 Å². The molecule has 0 aromatic rings. The van der Waals surface area contributed by atoms with Crippen molar-refractivity contribution in [2.75, 3.05) is 0 Å². The van der Waals surface area contributed by atoms with Crippen molar-refractivity contribution in [1.29, 1.82) is 0 Å². The molecule has 0 heterocycles. The normalized spacial score (nSPS) is 3.17. The second-order valence-corrected chi connectivity index (χ2v) is 0.204. The molecule has 0 rings (SSSR count). The second-order valence-electron chi connectivity index (χ2n) is 0.204. The van der Waals surface area contributed by atoms with Gasteiger partial charge in [0, 0.05) is 32.7 Å². The molecule has 0 aromatic heterocycles. The minimum atomic E-state index is 0. The maximum absolute atomic E-state index is 8.68. The molecule has 1 radical (unpaired) electrons. The Hall–Kier alpha value is 0.774. The molecule has 0 amide bonds. The zero-order chi connectivity index (χ0) is 4.71.